The first-order chi connectivity index (χ1) is 9.86. The Hall–Kier alpha value is -1.50. The number of para-hydroxylation sites is 1. The van der Waals surface area contributed by atoms with Gasteiger partial charge < -0.3 is 5.11 Å². The predicted molar refractivity (Wildman–Crippen MR) is 80.5 cm³/mol. The van der Waals surface area contributed by atoms with Gasteiger partial charge in [-0.2, -0.15) is 4.31 Å². The highest BCUT2D eigenvalue weighted by Gasteiger charge is 2.46. The van der Waals surface area contributed by atoms with Crippen molar-refractivity contribution in [1.82, 2.24) is 9.29 Å². The minimum absolute atomic E-state index is 0.147. The maximum absolute atomic E-state index is 12.7. The van der Waals surface area contributed by atoms with Crippen molar-refractivity contribution in [2.45, 2.75) is 30.8 Å². The van der Waals surface area contributed by atoms with Crippen LogP contribution in [-0.4, -0.2) is 41.5 Å². The highest BCUT2D eigenvalue weighted by Crippen LogP contribution is 2.32. The molecule has 1 aromatic carbocycles. The summed E-state index contributed by atoms with van der Waals surface area (Å²) in [5.41, 5.74) is 0.582. The van der Waals surface area contributed by atoms with E-state index in [0.29, 0.717) is 11.9 Å². The van der Waals surface area contributed by atoms with Crippen molar-refractivity contribution in [2.24, 2.45) is 0 Å². The van der Waals surface area contributed by atoms with Crippen molar-refractivity contribution in [3.63, 3.8) is 0 Å². The number of aryl methyl sites for hydroxylation is 1. The normalized spacial score (nSPS) is 18.6. The van der Waals surface area contributed by atoms with Crippen molar-refractivity contribution in [3.8, 4) is 0 Å². The molecule has 21 heavy (non-hydrogen) atoms. The molecule has 1 aliphatic heterocycles. The topological polar surface area (TPSA) is 70.5 Å². The van der Waals surface area contributed by atoms with Crippen LogP contribution >= 0.6 is 0 Å². The fraction of sp³-hybridized carbons (Fsp3) is 0.400. The van der Waals surface area contributed by atoms with Crippen LogP contribution in [0.2, 0.25) is 0 Å². The Labute approximate surface area is 124 Å². The van der Waals surface area contributed by atoms with Crippen molar-refractivity contribution >= 4 is 20.9 Å². The Morgan fingerprint density at radius 1 is 1.38 bits per heavy atom. The summed E-state index contributed by atoms with van der Waals surface area (Å²) in [6.45, 7) is 4.07. The van der Waals surface area contributed by atoms with Crippen LogP contribution in [-0.2, 0) is 10.0 Å². The lowest BCUT2D eigenvalue weighted by Gasteiger charge is -2.44. The van der Waals surface area contributed by atoms with E-state index >= 15 is 0 Å². The fourth-order valence-corrected chi connectivity index (χ4v) is 4.36. The maximum atomic E-state index is 12.7. The molecule has 112 valence electrons. The summed E-state index contributed by atoms with van der Waals surface area (Å²) >= 11 is 0. The zero-order chi connectivity index (χ0) is 15.3. The highest BCUT2D eigenvalue weighted by atomic mass is 32.2. The van der Waals surface area contributed by atoms with Gasteiger partial charge >= 0.3 is 0 Å². The van der Waals surface area contributed by atoms with E-state index in [9.17, 15) is 13.5 Å². The van der Waals surface area contributed by atoms with E-state index in [4.69, 9.17) is 0 Å². The van der Waals surface area contributed by atoms with Crippen molar-refractivity contribution in [1.29, 1.82) is 0 Å². The third-order valence-corrected chi connectivity index (χ3v) is 5.85. The second-order valence-electron chi connectivity index (χ2n) is 5.69. The summed E-state index contributed by atoms with van der Waals surface area (Å²) in [4.78, 5) is 4.48. The first-order valence-electron chi connectivity index (χ1n) is 6.94. The number of aliphatic hydroxyl groups is 1. The third-order valence-electron chi connectivity index (χ3n) is 4.03. The van der Waals surface area contributed by atoms with Gasteiger partial charge in [0, 0.05) is 24.7 Å². The Morgan fingerprint density at radius 3 is 2.76 bits per heavy atom. The van der Waals surface area contributed by atoms with E-state index in [1.54, 1.807) is 18.3 Å². The number of fused-ring (bicyclic) bond motifs is 1. The Balaban J connectivity index is 2.04. The van der Waals surface area contributed by atoms with Gasteiger partial charge in [0.1, 0.15) is 4.90 Å². The molecule has 0 spiro atoms. The molecule has 3 rings (SSSR count). The summed E-state index contributed by atoms with van der Waals surface area (Å²) in [6, 6.07) is 7.07. The fourth-order valence-electron chi connectivity index (χ4n) is 2.59. The quantitative estimate of drug-likeness (QED) is 0.937. The molecular formula is C15H18N2O3S. The van der Waals surface area contributed by atoms with Gasteiger partial charge in [0.05, 0.1) is 11.1 Å². The van der Waals surface area contributed by atoms with Crippen LogP contribution in [0.15, 0.2) is 35.4 Å². The number of rotatable bonds is 3. The van der Waals surface area contributed by atoms with Gasteiger partial charge in [-0.1, -0.05) is 19.1 Å². The monoisotopic (exact) mass is 306 g/mol. The van der Waals surface area contributed by atoms with E-state index in [1.807, 2.05) is 26.0 Å². The average Bonchev–Trinajstić information content (AvgIpc) is 2.42. The Bertz CT molecular complexity index is 796. The van der Waals surface area contributed by atoms with Gasteiger partial charge in [-0.3, -0.25) is 4.98 Å². The smallest absolute Gasteiger partial charge is 0.245 e. The molecule has 6 heteroatoms. The molecule has 0 unspecified atom stereocenters. The van der Waals surface area contributed by atoms with Crippen LogP contribution in [0.25, 0.3) is 10.9 Å². The number of sulfonamides is 1. The Kier molecular flexibility index (Phi) is 3.27. The highest BCUT2D eigenvalue weighted by molar-refractivity contribution is 7.89. The number of aromatic nitrogens is 1. The van der Waals surface area contributed by atoms with Crippen LogP contribution in [0.5, 0.6) is 0 Å². The van der Waals surface area contributed by atoms with Gasteiger partial charge in [0.25, 0.3) is 0 Å². The molecule has 2 heterocycles. The third kappa shape index (κ3) is 2.33. The molecule has 0 saturated carbocycles. The van der Waals surface area contributed by atoms with Crippen LogP contribution in [0.1, 0.15) is 18.9 Å². The van der Waals surface area contributed by atoms with E-state index in [-0.39, 0.29) is 18.0 Å². The van der Waals surface area contributed by atoms with Gasteiger partial charge in [0.15, 0.2) is 0 Å². The molecule has 1 aromatic heterocycles. The molecule has 0 atom stereocenters. The number of hydrogen-bond acceptors (Lipinski definition) is 4. The van der Waals surface area contributed by atoms with Gasteiger partial charge in [-0.05, 0) is 31.0 Å². The van der Waals surface area contributed by atoms with Crippen molar-refractivity contribution in [2.75, 3.05) is 13.1 Å². The number of pyridine rings is 1. The summed E-state index contributed by atoms with van der Waals surface area (Å²) in [7, 11) is -3.61. The number of hydrogen-bond donors (Lipinski definition) is 1. The molecule has 1 N–H and O–H groups in total. The lowest BCUT2D eigenvalue weighted by molar-refractivity contribution is -0.0613. The molecule has 0 amide bonds. The minimum Gasteiger partial charge on any atom is -0.387 e. The Morgan fingerprint density at radius 2 is 2.10 bits per heavy atom. The lowest BCUT2D eigenvalue weighted by atomic mass is 9.94. The maximum Gasteiger partial charge on any atom is 0.245 e. The predicted octanol–water partition coefficient (Wildman–Crippen LogP) is 1.69. The van der Waals surface area contributed by atoms with Crippen LogP contribution in [0.4, 0.5) is 0 Å². The molecule has 1 saturated heterocycles. The molecule has 5 nitrogen and oxygen atoms in total. The first kappa shape index (κ1) is 14.4. The summed E-state index contributed by atoms with van der Waals surface area (Å²) < 4.78 is 26.7. The number of benzene rings is 1. The summed E-state index contributed by atoms with van der Waals surface area (Å²) in [5, 5.41) is 10.8. The van der Waals surface area contributed by atoms with Crippen molar-refractivity contribution in [3.05, 3.63) is 36.0 Å². The standard InChI is InChI=1S/C15H18N2O3S/c1-3-15(18)9-17(10-15)21(19,20)13-6-4-5-12-7-11(2)8-16-14(12)13/h4-8,18H,3,9-10H2,1-2H3. The molecule has 1 aliphatic rings. The zero-order valence-corrected chi connectivity index (χ0v) is 12.9. The van der Waals surface area contributed by atoms with E-state index in [1.165, 1.54) is 4.31 Å². The zero-order valence-electron chi connectivity index (χ0n) is 12.1. The van der Waals surface area contributed by atoms with Crippen LogP contribution in [0.3, 0.4) is 0 Å². The molecule has 0 aliphatic carbocycles. The molecule has 1 fully saturated rings. The van der Waals surface area contributed by atoms with Crippen LogP contribution < -0.4 is 0 Å². The lowest BCUT2D eigenvalue weighted by Crippen LogP contribution is -2.62. The van der Waals surface area contributed by atoms with Gasteiger partial charge in [0.2, 0.25) is 10.0 Å². The number of β-amino-alcohol motifs (C(OH)–C–C–N with tert-alkyl or cyclic N) is 1. The second kappa shape index (κ2) is 4.76. The van der Waals surface area contributed by atoms with Gasteiger partial charge in [-0.25, -0.2) is 8.42 Å². The van der Waals surface area contributed by atoms with Crippen molar-refractivity contribution < 1.29 is 13.5 Å². The van der Waals surface area contributed by atoms with E-state index < -0.39 is 15.6 Å². The van der Waals surface area contributed by atoms with Gasteiger partial charge in [-0.15, -0.1) is 0 Å². The summed E-state index contributed by atoms with van der Waals surface area (Å²) in [5.74, 6) is 0. The molecule has 0 radical (unpaired) electrons. The largest absolute Gasteiger partial charge is 0.387 e. The average molecular weight is 306 g/mol. The number of nitrogens with zero attached hydrogens (tertiary/aromatic N) is 2. The van der Waals surface area contributed by atoms with Crippen LogP contribution in [0, 0.1) is 6.92 Å². The first-order valence-corrected chi connectivity index (χ1v) is 8.38. The second-order valence-corrected chi connectivity index (χ2v) is 7.60. The molecular weight excluding hydrogens is 288 g/mol. The summed E-state index contributed by atoms with van der Waals surface area (Å²) in [6.07, 6.45) is 2.21. The minimum atomic E-state index is -3.61. The molecule has 0 bridgehead atoms. The van der Waals surface area contributed by atoms with E-state index in [2.05, 4.69) is 4.98 Å². The molecule has 2 aromatic rings. The SMILES string of the molecule is CCC1(O)CN(S(=O)(=O)c2cccc3cc(C)cnc23)C1. The van der Waals surface area contributed by atoms with E-state index in [0.717, 1.165) is 10.9 Å².